The van der Waals surface area contributed by atoms with E-state index in [1.54, 1.807) is 18.7 Å². The quantitative estimate of drug-likeness (QED) is 0.698. The highest BCUT2D eigenvalue weighted by Gasteiger charge is 2.20. The zero-order valence-electron chi connectivity index (χ0n) is 13.9. The lowest BCUT2D eigenvalue weighted by Gasteiger charge is -2.17. The Kier molecular flexibility index (Phi) is 4.34. The number of hydrogen-bond donors (Lipinski definition) is 0. The number of anilines is 1. The topological polar surface area (TPSA) is 90.1 Å². The summed E-state index contributed by atoms with van der Waals surface area (Å²) in [6, 6.07) is 5.69. The van der Waals surface area contributed by atoms with Gasteiger partial charge in [0.2, 0.25) is 11.7 Å². The van der Waals surface area contributed by atoms with Gasteiger partial charge in [-0.1, -0.05) is 5.16 Å². The van der Waals surface area contributed by atoms with Gasteiger partial charge in [-0.25, -0.2) is 9.97 Å². The van der Waals surface area contributed by atoms with Crippen LogP contribution in [0.4, 0.5) is 5.82 Å². The number of pyridine rings is 1. The van der Waals surface area contributed by atoms with E-state index in [2.05, 4.69) is 25.1 Å². The summed E-state index contributed by atoms with van der Waals surface area (Å²) in [5.41, 5.74) is 1.88. The lowest BCUT2D eigenvalue weighted by atomic mass is 10.0. The van der Waals surface area contributed by atoms with Crippen LogP contribution < -0.4 is 4.90 Å². The second kappa shape index (κ2) is 6.94. The molecule has 1 aliphatic rings. The molecule has 128 valence electrons. The molecule has 1 aliphatic heterocycles. The van der Waals surface area contributed by atoms with Crippen molar-refractivity contribution in [3.63, 3.8) is 0 Å². The third-order valence-electron chi connectivity index (χ3n) is 4.19. The Balaban J connectivity index is 1.48. The predicted molar refractivity (Wildman–Crippen MR) is 89.8 cm³/mol. The molecule has 0 saturated carbocycles. The van der Waals surface area contributed by atoms with E-state index in [1.807, 2.05) is 30.1 Å². The average molecular weight is 338 g/mol. The van der Waals surface area contributed by atoms with Crippen LogP contribution >= 0.6 is 0 Å². The van der Waals surface area contributed by atoms with Crippen LogP contribution in [0.15, 0.2) is 41.4 Å². The van der Waals surface area contributed by atoms with Crippen molar-refractivity contribution in [1.82, 2.24) is 25.1 Å². The van der Waals surface area contributed by atoms with Crippen LogP contribution in [0.5, 0.6) is 0 Å². The van der Waals surface area contributed by atoms with Crippen molar-refractivity contribution in [2.24, 2.45) is 0 Å². The maximum Gasteiger partial charge on any atom is 0.246 e. The van der Waals surface area contributed by atoms with E-state index in [0.717, 1.165) is 36.7 Å². The van der Waals surface area contributed by atoms with E-state index in [1.165, 1.54) is 0 Å². The van der Waals surface area contributed by atoms with Gasteiger partial charge < -0.3 is 14.2 Å². The van der Waals surface area contributed by atoms with Crippen LogP contribution in [0, 0.1) is 0 Å². The monoisotopic (exact) mass is 338 g/mol. The predicted octanol–water partition coefficient (Wildman–Crippen LogP) is 2.06. The number of rotatable bonds is 5. The molecule has 0 bridgehead atoms. The molecule has 4 rings (SSSR count). The minimum Gasteiger partial charge on any atom is -0.381 e. The lowest BCUT2D eigenvalue weighted by molar-refractivity contribution is 0.193. The molecule has 25 heavy (non-hydrogen) atoms. The highest BCUT2D eigenvalue weighted by Crippen LogP contribution is 2.25. The third-order valence-corrected chi connectivity index (χ3v) is 4.19. The maximum absolute atomic E-state index is 5.44. The van der Waals surface area contributed by atoms with Gasteiger partial charge in [0.15, 0.2) is 0 Å². The molecule has 0 N–H and O–H groups in total. The molecule has 0 aliphatic carbocycles. The van der Waals surface area contributed by atoms with Crippen molar-refractivity contribution >= 4 is 5.82 Å². The summed E-state index contributed by atoms with van der Waals surface area (Å²) in [4.78, 5) is 19.1. The molecule has 8 heteroatoms. The molecule has 3 aromatic heterocycles. The van der Waals surface area contributed by atoms with Gasteiger partial charge in [-0.3, -0.25) is 4.98 Å². The van der Waals surface area contributed by atoms with E-state index in [9.17, 15) is 0 Å². The van der Waals surface area contributed by atoms with Crippen LogP contribution in [0.3, 0.4) is 0 Å². The Hall–Kier alpha value is -2.87. The van der Waals surface area contributed by atoms with Crippen molar-refractivity contribution < 1.29 is 9.26 Å². The summed E-state index contributed by atoms with van der Waals surface area (Å²) in [5, 5.41) is 4.02. The Morgan fingerprint density at radius 2 is 2.12 bits per heavy atom. The highest BCUT2D eigenvalue weighted by atomic mass is 16.5. The van der Waals surface area contributed by atoms with Crippen LogP contribution in [-0.4, -0.2) is 45.4 Å². The first kappa shape index (κ1) is 15.6. The fourth-order valence-electron chi connectivity index (χ4n) is 2.78. The van der Waals surface area contributed by atoms with Crippen LogP contribution in [0.1, 0.15) is 23.9 Å². The molecule has 4 heterocycles. The van der Waals surface area contributed by atoms with Gasteiger partial charge in [-0.15, -0.1) is 0 Å². The molecule has 0 aromatic carbocycles. The number of hydrogen-bond acceptors (Lipinski definition) is 8. The molecule has 1 saturated heterocycles. The van der Waals surface area contributed by atoms with Gasteiger partial charge in [-0.2, -0.15) is 4.98 Å². The Morgan fingerprint density at radius 3 is 2.92 bits per heavy atom. The van der Waals surface area contributed by atoms with E-state index < -0.39 is 0 Å². The first-order valence-electron chi connectivity index (χ1n) is 8.13. The number of aromatic nitrogens is 5. The van der Waals surface area contributed by atoms with Crippen molar-refractivity contribution in [2.75, 3.05) is 25.2 Å². The zero-order valence-corrected chi connectivity index (χ0v) is 13.9. The fourth-order valence-corrected chi connectivity index (χ4v) is 2.78. The lowest BCUT2D eigenvalue weighted by Crippen LogP contribution is -2.18. The van der Waals surface area contributed by atoms with Gasteiger partial charge >= 0.3 is 0 Å². The summed E-state index contributed by atoms with van der Waals surface area (Å²) in [6.07, 6.45) is 5.99. The zero-order chi connectivity index (χ0) is 17.1. The summed E-state index contributed by atoms with van der Waals surface area (Å²) >= 11 is 0. The first-order valence-corrected chi connectivity index (χ1v) is 8.13. The molecular weight excluding hydrogens is 320 g/mol. The first-order chi connectivity index (χ1) is 12.3. The van der Waals surface area contributed by atoms with E-state index in [0.29, 0.717) is 24.2 Å². The summed E-state index contributed by atoms with van der Waals surface area (Å²) in [6.45, 7) is 1.98. The van der Waals surface area contributed by atoms with E-state index in [4.69, 9.17) is 9.26 Å². The van der Waals surface area contributed by atoms with Crippen molar-refractivity contribution in [3.8, 4) is 11.4 Å². The van der Waals surface area contributed by atoms with Crippen molar-refractivity contribution in [3.05, 3.63) is 48.5 Å². The minimum atomic E-state index is 0.344. The molecule has 1 atom stereocenters. The molecule has 8 nitrogen and oxygen atoms in total. The normalized spacial score (nSPS) is 16.9. The van der Waals surface area contributed by atoms with Gasteiger partial charge in [0.1, 0.15) is 12.1 Å². The maximum atomic E-state index is 5.44. The summed E-state index contributed by atoms with van der Waals surface area (Å²) in [7, 11) is 1.94. The molecule has 0 amide bonds. The third kappa shape index (κ3) is 3.48. The SMILES string of the molecule is CN(Cc1nc(-c2ccncc2)no1)c1cc([C@H]2CCOC2)ncn1. The molecular formula is C17H18N6O2. The number of nitrogens with zero attached hydrogens (tertiary/aromatic N) is 6. The minimum absolute atomic E-state index is 0.344. The standard InChI is InChI=1S/C17H18N6O2/c1-23(15-8-14(19-11-20-15)13-4-7-24-10-13)9-16-21-17(22-25-16)12-2-5-18-6-3-12/h2-3,5-6,8,11,13H,4,7,9-10H2,1H3/t13-/m0/s1. The van der Waals surface area contributed by atoms with Crippen molar-refractivity contribution in [2.45, 2.75) is 18.9 Å². The molecule has 0 unspecified atom stereocenters. The largest absolute Gasteiger partial charge is 0.381 e. The molecule has 3 aromatic rings. The van der Waals surface area contributed by atoms with Crippen LogP contribution in [0.2, 0.25) is 0 Å². The fraction of sp³-hybridized carbons (Fsp3) is 0.353. The van der Waals surface area contributed by atoms with Crippen molar-refractivity contribution in [1.29, 1.82) is 0 Å². The Morgan fingerprint density at radius 1 is 1.24 bits per heavy atom. The van der Waals surface area contributed by atoms with Gasteiger partial charge in [0.05, 0.1) is 18.8 Å². The highest BCUT2D eigenvalue weighted by molar-refractivity contribution is 5.52. The summed E-state index contributed by atoms with van der Waals surface area (Å²) < 4.78 is 10.8. The van der Waals surface area contributed by atoms with Gasteiger partial charge in [0, 0.05) is 43.6 Å². The second-order valence-corrected chi connectivity index (χ2v) is 5.97. The van der Waals surface area contributed by atoms with Crippen LogP contribution in [0.25, 0.3) is 11.4 Å². The second-order valence-electron chi connectivity index (χ2n) is 5.97. The number of ether oxygens (including phenoxy) is 1. The molecule has 1 fully saturated rings. The Bertz CT molecular complexity index is 832. The Labute approximate surface area is 144 Å². The average Bonchev–Trinajstić information content (AvgIpc) is 3.35. The van der Waals surface area contributed by atoms with Gasteiger partial charge in [0.25, 0.3) is 0 Å². The molecule has 0 spiro atoms. The molecule has 0 radical (unpaired) electrons. The van der Waals surface area contributed by atoms with Gasteiger partial charge in [-0.05, 0) is 18.6 Å². The smallest absolute Gasteiger partial charge is 0.246 e. The van der Waals surface area contributed by atoms with Crippen LogP contribution in [-0.2, 0) is 11.3 Å². The van der Waals surface area contributed by atoms with E-state index in [-0.39, 0.29) is 0 Å². The van der Waals surface area contributed by atoms with E-state index >= 15 is 0 Å². The summed E-state index contributed by atoms with van der Waals surface area (Å²) in [5.74, 6) is 2.24.